The van der Waals surface area contributed by atoms with Gasteiger partial charge in [0.25, 0.3) is 0 Å². The first-order valence-corrected chi connectivity index (χ1v) is 4.25. The summed E-state index contributed by atoms with van der Waals surface area (Å²) >= 11 is 0. The summed E-state index contributed by atoms with van der Waals surface area (Å²) in [6, 6.07) is 7.85. The van der Waals surface area contributed by atoms with Crippen LogP contribution in [0, 0.1) is 0 Å². The number of hydrogen-bond acceptors (Lipinski definition) is 2. The molecule has 0 aliphatic heterocycles. The molecule has 0 aromatic heterocycles. The van der Waals surface area contributed by atoms with Crippen molar-refractivity contribution in [3.8, 4) is 0 Å². The maximum Gasteiger partial charge on any atom is 0.0914 e. The average Bonchev–Trinajstić information content (AvgIpc) is 2.16. The fourth-order valence-electron chi connectivity index (χ4n) is 1.31. The molecule has 0 spiro atoms. The van der Waals surface area contributed by atoms with E-state index < -0.39 is 6.10 Å². The second-order valence-corrected chi connectivity index (χ2v) is 2.80. The molecule has 2 nitrogen and oxygen atoms in total. The smallest absolute Gasteiger partial charge is 0.0914 e. The second kappa shape index (κ2) is 4.24. The lowest BCUT2D eigenvalue weighted by molar-refractivity contribution is 0.185. The lowest BCUT2D eigenvalue weighted by atomic mass is 10.0. The second-order valence-electron chi connectivity index (χ2n) is 2.80. The van der Waals surface area contributed by atoms with Crippen LogP contribution in [0.2, 0.25) is 0 Å². The molecule has 0 aliphatic rings. The van der Waals surface area contributed by atoms with E-state index in [4.69, 9.17) is 5.73 Å². The first-order valence-electron chi connectivity index (χ1n) is 4.25. The van der Waals surface area contributed by atoms with Crippen LogP contribution in [0.4, 0.5) is 0 Å². The Balaban J connectivity index is 2.96. The van der Waals surface area contributed by atoms with Crippen LogP contribution < -0.4 is 5.73 Å². The van der Waals surface area contributed by atoms with Crippen molar-refractivity contribution >= 4 is 0 Å². The van der Waals surface area contributed by atoms with Gasteiger partial charge in [-0.15, -0.1) is 0 Å². The van der Waals surface area contributed by atoms with Crippen LogP contribution in [0.25, 0.3) is 0 Å². The van der Waals surface area contributed by atoms with E-state index in [-0.39, 0.29) is 6.54 Å². The Kier molecular flexibility index (Phi) is 3.26. The zero-order chi connectivity index (χ0) is 8.97. The molecular weight excluding hydrogens is 150 g/mol. The Morgan fingerprint density at radius 3 is 2.67 bits per heavy atom. The highest BCUT2D eigenvalue weighted by atomic mass is 16.3. The molecule has 2 heteroatoms. The minimum absolute atomic E-state index is 0.289. The van der Waals surface area contributed by atoms with Crippen molar-refractivity contribution in [3.63, 3.8) is 0 Å². The number of aliphatic hydroxyl groups excluding tert-OH is 1. The molecule has 0 bridgehead atoms. The van der Waals surface area contributed by atoms with Crippen molar-refractivity contribution in [2.24, 2.45) is 5.73 Å². The van der Waals surface area contributed by atoms with Crippen LogP contribution in [0.3, 0.4) is 0 Å². The molecule has 12 heavy (non-hydrogen) atoms. The summed E-state index contributed by atoms with van der Waals surface area (Å²) in [4.78, 5) is 0. The van der Waals surface area contributed by atoms with Crippen LogP contribution in [0.1, 0.15) is 24.2 Å². The SMILES string of the molecule is CCc1ccccc1[C@@H](O)CN. The van der Waals surface area contributed by atoms with E-state index >= 15 is 0 Å². The molecule has 0 aliphatic carbocycles. The van der Waals surface area contributed by atoms with E-state index in [1.54, 1.807) is 0 Å². The molecular formula is C10H15NO. The Morgan fingerprint density at radius 2 is 2.08 bits per heavy atom. The molecule has 66 valence electrons. The summed E-state index contributed by atoms with van der Waals surface area (Å²) in [6.45, 7) is 2.36. The van der Waals surface area contributed by atoms with Gasteiger partial charge in [-0.05, 0) is 17.5 Å². The van der Waals surface area contributed by atoms with Crippen molar-refractivity contribution in [3.05, 3.63) is 35.4 Å². The molecule has 1 aromatic carbocycles. The summed E-state index contributed by atoms with van der Waals surface area (Å²) in [6.07, 6.45) is 0.425. The number of aryl methyl sites for hydroxylation is 1. The normalized spacial score (nSPS) is 12.9. The summed E-state index contributed by atoms with van der Waals surface area (Å²) in [5.74, 6) is 0. The Hall–Kier alpha value is -0.860. The van der Waals surface area contributed by atoms with Gasteiger partial charge in [-0.2, -0.15) is 0 Å². The third kappa shape index (κ3) is 1.84. The van der Waals surface area contributed by atoms with Gasteiger partial charge in [0.1, 0.15) is 0 Å². The lowest BCUT2D eigenvalue weighted by Crippen LogP contribution is -2.13. The van der Waals surface area contributed by atoms with Crippen molar-refractivity contribution < 1.29 is 5.11 Å². The largest absolute Gasteiger partial charge is 0.387 e. The highest BCUT2D eigenvalue weighted by Gasteiger charge is 2.07. The van der Waals surface area contributed by atoms with Gasteiger partial charge in [0.15, 0.2) is 0 Å². The van der Waals surface area contributed by atoms with Crippen LogP contribution in [0.5, 0.6) is 0 Å². The first-order chi connectivity index (χ1) is 5.79. The van der Waals surface area contributed by atoms with Crippen LogP contribution in [-0.4, -0.2) is 11.7 Å². The van der Waals surface area contributed by atoms with Gasteiger partial charge in [-0.25, -0.2) is 0 Å². The summed E-state index contributed by atoms with van der Waals surface area (Å²) in [7, 11) is 0. The summed E-state index contributed by atoms with van der Waals surface area (Å²) in [5.41, 5.74) is 7.51. The zero-order valence-corrected chi connectivity index (χ0v) is 7.33. The van der Waals surface area contributed by atoms with E-state index in [9.17, 15) is 5.11 Å². The third-order valence-corrected chi connectivity index (χ3v) is 2.02. The molecule has 1 aromatic rings. The molecule has 0 radical (unpaired) electrons. The standard InChI is InChI=1S/C10H15NO/c1-2-8-5-3-4-6-9(8)10(12)7-11/h3-6,10,12H,2,7,11H2,1H3/t10-/m0/s1. The van der Waals surface area contributed by atoms with Crippen molar-refractivity contribution in [1.29, 1.82) is 0 Å². The molecule has 3 N–H and O–H groups in total. The molecule has 0 heterocycles. The van der Waals surface area contributed by atoms with E-state index in [1.807, 2.05) is 24.3 Å². The minimum atomic E-state index is -0.513. The highest BCUT2D eigenvalue weighted by Crippen LogP contribution is 2.16. The quantitative estimate of drug-likeness (QED) is 0.708. The van der Waals surface area contributed by atoms with E-state index in [0.29, 0.717) is 0 Å². The van der Waals surface area contributed by atoms with Crippen molar-refractivity contribution in [1.82, 2.24) is 0 Å². The van der Waals surface area contributed by atoms with E-state index in [1.165, 1.54) is 5.56 Å². The maximum atomic E-state index is 9.52. The fourth-order valence-corrected chi connectivity index (χ4v) is 1.31. The molecule has 0 saturated heterocycles. The first kappa shape index (κ1) is 9.23. The zero-order valence-electron chi connectivity index (χ0n) is 7.33. The van der Waals surface area contributed by atoms with Gasteiger partial charge in [-0.1, -0.05) is 31.2 Å². The van der Waals surface area contributed by atoms with Gasteiger partial charge in [0, 0.05) is 6.54 Å². The van der Waals surface area contributed by atoms with Crippen LogP contribution >= 0.6 is 0 Å². The van der Waals surface area contributed by atoms with E-state index in [2.05, 4.69) is 6.92 Å². The van der Waals surface area contributed by atoms with E-state index in [0.717, 1.165) is 12.0 Å². The molecule has 1 rings (SSSR count). The van der Waals surface area contributed by atoms with Gasteiger partial charge in [0.05, 0.1) is 6.10 Å². The Bertz CT molecular complexity index is 247. The van der Waals surface area contributed by atoms with Crippen LogP contribution in [0.15, 0.2) is 24.3 Å². The van der Waals surface area contributed by atoms with Gasteiger partial charge >= 0.3 is 0 Å². The topological polar surface area (TPSA) is 46.2 Å². The summed E-state index contributed by atoms with van der Waals surface area (Å²) < 4.78 is 0. The van der Waals surface area contributed by atoms with Crippen molar-refractivity contribution in [2.75, 3.05) is 6.54 Å². The summed E-state index contributed by atoms with van der Waals surface area (Å²) in [5, 5.41) is 9.52. The average molecular weight is 165 g/mol. The number of nitrogens with two attached hydrogens (primary N) is 1. The number of rotatable bonds is 3. The van der Waals surface area contributed by atoms with Crippen LogP contribution in [-0.2, 0) is 6.42 Å². The monoisotopic (exact) mass is 165 g/mol. The molecule has 0 unspecified atom stereocenters. The third-order valence-electron chi connectivity index (χ3n) is 2.02. The van der Waals surface area contributed by atoms with Gasteiger partial charge in [0.2, 0.25) is 0 Å². The predicted octanol–water partition coefficient (Wildman–Crippen LogP) is 1.24. The Labute approximate surface area is 73.0 Å². The Morgan fingerprint density at radius 1 is 1.42 bits per heavy atom. The molecule has 0 fully saturated rings. The molecule has 0 saturated carbocycles. The maximum absolute atomic E-state index is 9.52. The highest BCUT2D eigenvalue weighted by molar-refractivity contribution is 5.29. The number of benzene rings is 1. The van der Waals surface area contributed by atoms with Gasteiger partial charge < -0.3 is 10.8 Å². The van der Waals surface area contributed by atoms with Crippen molar-refractivity contribution in [2.45, 2.75) is 19.4 Å². The lowest BCUT2D eigenvalue weighted by Gasteiger charge is -2.11. The number of hydrogen-bond donors (Lipinski definition) is 2. The molecule has 1 atom stereocenters. The minimum Gasteiger partial charge on any atom is -0.387 e. The van der Waals surface area contributed by atoms with Gasteiger partial charge in [-0.3, -0.25) is 0 Å². The fraction of sp³-hybridized carbons (Fsp3) is 0.400. The number of aliphatic hydroxyl groups is 1. The predicted molar refractivity (Wildman–Crippen MR) is 49.8 cm³/mol. The molecule has 0 amide bonds.